The first kappa shape index (κ1) is 19.7. The van der Waals surface area contributed by atoms with Crippen LogP contribution in [0.5, 0.6) is 5.88 Å². The third-order valence-electron chi connectivity index (χ3n) is 5.34. The molecule has 158 valence electrons. The van der Waals surface area contributed by atoms with E-state index in [1.165, 1.54) is 5.56 Å². The third-order valence-corrected chi connectivity index (χ3v) is 8.19. The lowest BCUT2D eigenvalue weighted by molar-refractivity contribution is 0.101. The lowest BCUT2D eigenvalue weighted by atomic mass is 9.98. The van der Waals surface area contributed by atoms with Crippen molar-refractivity contribution in [3.8, 4) is 17.0 Å². The SMILES string of the molecule is COc1cc(-c2ccc3c(c2NC(=O)NS2(=O)=NC(=O)c4sccc42)CCC3)ccn1. The molecule has 5 rings (SSSR count). The zero-order valence-electron chi connectivity index (χ0n) is 16.5. The number of carbonyl (C=O) groups excluding carboxylic acids is 2. The molecule has 2 aliphatic rings. The zero-order chi connectivity index (χ0) is 21.6. The van der Waals surface area contributed by atoms with Crippen molar-refractivity contribution in [3.63, 3.8) is 0 Å². The van der Waals surface area contributed by atoms with Crippen LogP contribution >= 0.6 is 11.3 Å². The Balaban J connectivity index is 1.51. The molecule has 8 nitrogen and oxygen atoms in total. The number of anilines is 1. The number of hydrogen-bond acceptors (Lipinski definition) is 6. The number of methoxy groups -OCH3 is 1. The van der Waals surface area contributed by atoms with Crippen LogP contribution < -0.4 is 14.8 Å². The van der Waals surface area contributed by atoms with Gasteiger partial charge in [0.15, 0.2) is 9.92 Å². The number of carbonyl (C=O) groups is 2. The Hall–Kier alpha value is -3.24. The second-order valence-electron chi connectivity index (χ2n) is 7.16. The maximum absolute atomic E-state index is 13.2. The largest absolute Gasteiger partial charge is 0.481 e. The standard InChI is InChI=1S/C21H18N4O4S2/c1-29-17-11-13(7-9-22-17)15-6-5-12-3-2-4-14(12)18(15)23-21(27)25-31(28)16-8-10-30-19(16)20(26)24-31/h5-11H,2-4H2,1H3,(H2,23,24,25,26,27,28). The van der Waals surface area contributed by atoms with Gasteiger partial charge in [-0.25, -0.2) is 18.7 Å². The lowest BCUT2D eigenvalue weighted by Crippen LogP contribution is -2.34. The predicted octanol–water partition coefficient (Wildman–Crippen LogP) is 4.02. The first-order valence-corrected chi connectivity index (χ1v) is 12.0. The molecule has 1 aliphatic heterocycles. The van der Waals surface area contributed by atoms with Gasteiger partial charge in [0.25, 0.3) is 5.91 Å². The van der Waals surface area contributed by atoms with Crippen molar-refractivity contribution in [2.45, 2.75) is 24.2 Å². The number of ether oxygens (including phenoxy) is 1. The Kier molecular flexibility index (Phi) is 4.75. The maximum atomic E-state index is 13.2. The van der Waals surface area contributed by atoms with Crippen LogP contribution in [0.25, 0.3) is 11.1 Å². The average Bonchev–Trinajstić information content (AvgIpc) is 3.47. The van der Waals surface area contributed by atoms with E-state index in [4.69, 9.17) is 4.74 Å². The lowest BCUT2D eigenvalue weighted by Gasteiger charge is -2.17. The summed E-state index contributed by atoms with van der Waals surface area (Å²) in [6, 6.07) is 8.54. The first-order valence-electron chi connectivity index (χ1n) is 9.61. The van der Waals surface area contributed by atoms with Crippen LogP contribution in [0.4, 0.5) is 10.5 Å². The van der Waals surface area contributed by atoms with E-state index in [1.807, 2.05) is 12.1 Å². The summed E-state index contributed by atoms with van der Waals surface area (Å²) in [5.41, 5.74) is 4.52. The molecule has 0 fully saturated rings. The fraction of sp³-hybridized carbons (Fsp3) is 0.190. The highest BCUT2D eigenvalue weighted by Gasteiger charge is 2.32. The molecule has 3 amide bonds. The molecule has 10 heteroatoms. The molecule has 0 radical (unpaired) electrons. The number of hydrogen-bond donors (Lipinski definition) is 2. The van der Waals surface area contributed by atoms with Crippen LogP contribution in [-0.2, 0) is 22.8 Å². The van der Waals surface area contributed by atoms with E-state index in [-0.39, 0.29) is 4.90 Å². The third kappa shape index (κ3) is 3.37. The topological polar surface area (TPSA) is 110 Å². The van der Waals surface area contributed by atoms with Gasteiger partial charge in [0.1, 0.15) is 4.88 Å². The van der Waals surface area contributed by atoms with Crippen molar-refractivity contribution in [2.24, 2.45) is 4.36 Å². The summed E-state index contributed by atoms with van der Waals surface area (Å²) >= 11 is 1.16. The van der Waals surface area contributed by atoms with Gasteiger partial charge in [-0.15, -0.1) is 15.7 Å². The Morgan fingerprint density at radius 1 is 1.23 bits per heavy atom. The van der Waals surface area contributed by atoms with E-state index in [0.717, 1.165) is 47.3 Å². The summed E-state index contributed by atoms with van der Waals surface area (Å²) in [5.74, 6) is -0.106. The summed E-state index contributed by atoms with van der Waals surface area (Å²) in [5, 5.41) is 4.54. The molecule has 0 bridgehead atoms. The number of thiophene rings is 1. The molecule has 31 heavy (non-hydrogen) atoms. The van der Waals surface area contributed by atoms with Crippen molar-refractivity contribution in [1.82, 2.24) is 9.71 Å². The fourth-order valence-electron chi connectivity index (χ4n) is 3.96. The molecule has 0 saturated heterocycles. The van der Waals surface area contributed by atoms with Gasteiger partial charge < -0.3 is 10.1 Å². The Morgan fingerprint density at radius 2 is 2.10 bits per heavy atom. The number of aromatic nitrogens is 1. The Bertz CT molecular complexity index is 1360. The Labute approximate surface area is 183 Å². The summed E-state index contributed by atoms with van der Waals surface area (Å²) in [6.45, 7) is 0. The van der Waals surface area contributed by atoms with Gasteiger partial charge in [0, 0.05) is 17.8 Å². The van der Waals surface area contributed by atoms with Gasteiger partial charge >= 0.3 is 6.03 Å². The van der Waals surface area contributed by atoms with E-state index in [1.54, 1.807) is 30.8 Å². The predicted molar refractivity (Wildman–Crippen MR) is 118 cm³/mol. The normalized spacial score (nSPS) is 18.8. The molecular weight excluding hydrogens is 436 g/mol. The minimum Gasteiger partial charge on any atom is -0.481 e. The monoisotopic (exact) mass is 454 g/mol. The number of pyridine rings is 1. The minimum atomic E-state index is -3.35. The number of aryl methyl sites for hydroxylation is 1. The summed E-state index contributed by atoms with van der Waals surface area (Å²) in [4.78, 5) is 29.6. The van der Waals surface area contributed by atoms with Gasteiger partial charge in [-0.2, -0.15) is 0 Å². The van der Waals surface area contributed by atoms with Gasteiger partial charge in [-0.3, -0.25) is 4.79 Å². The highest BCUT2D eigenvalue weighted by atomic mass is 32.2. The molecular formula is C21H18N4O4S2. The Morgan fingerprint density at radius 3 is 2.94 bits per heavy atom. The number of rotatable bonds is 4. The average molecular weight is 455 g/mol. The van der Waals surface area contributed by atoms with Crippen molar-refractivity contribution in [2.75, 3.05) is 12.4 Å². The molecule has 0 spiro atoms. The molecule has 1 unspecified atom stereocenters. The maximum Gasteiger partial charge on any atom is 0.331 e. The van der Waals surface area contributed by atoms with E-state index in [9.17, 15) is 13.8 Å². The van der Waals surface area contributed by atoms with Crippen LogP contribution in [0.1, 0.15) is 27.2 Å². The van der Waals surface area contributed by atoms with Crippen molar-refractivity contribution in [1.29, 1.82) is 0 Å². The number of amides is 3. The van der Waals surface area contributed by atoms with E-state index in [2.05, 4.69) is 25.5 Å². The van der Waals surface area contributed by atoms with Crippen LogP contribution in [0.3, 0.4) is 0 Å². The summed E-state index contributed by atoms with van der Waals surface area (Å²) < 4.78 is 24.5. The minimum absolute atomic E-state index is 0.259. The molecule has 1 atom stereocenters. The number of nitrogens with one attached hydrogen (secondary N) is 2. The van der Waals surface area contributed by atoms with Crippen molar-refractivity contribution < 1.29 is 18.5 Å². The smallest absolute Gasteiger partial charge is 0.331 e. The van der Waals surface area contributed by atoms with Crippen LogP contribution in [0.15, 0.2) is 51.2 Å². The quantitative estimate of drug-likeness (QED) is 0.619. The number of benzene rings is 1. The summed E-state index contributed by atoms with van der Waals surface area (Å²) in [7, 11) is -1.80. The van der Waals surface area contributed by atoms with Crippen molar-refractivity contribution >= 4 is 38.9 Å². The second kappa shape index (κ2) is 7.47. The van der Waals surface area contributed by atoms with Gasteiger partial charge in [0.2, 0.25) is 5.88 Å². The van der Waals surface area contributed by atoms with E-state index >= 15 is 0 Å². The van der Waals surface area contributed by atoms with E-state index < -0.39 is 21.9 Å². The summed E-state index contributed by atoms with van der Waals surface area (Å²) in [6.07, 6.45) is 4.40. The highest BCUT2D eigenvalue weighted by molar-refractivity contribution is 7.93. The van der Waals surface area contributed by atoms with Gasteiger partial charge in [-0.1, -0.05) is 12.1 Å². The second-order valence-corrected chi connectivity index (χ2v) is 9.95. The molecule has 1 aromatic carbocycles. The highest BCUT2D eigenvalue weighted by Crippen LogP contribution is 2.38. The number of urea groups is 1. The van der Waals surface area contributed by atoms with E-state index in [0.29, 0.717) is 16.4 Å². The molecule has 2 aromatic heterocycles. The molecule has 1 aliphatic carbocycles. The first-order chi connectivity index (χ1) is 15.0. The fourth-order valence-corrected chi connectivity index (χ4v) is 6.73. The molecule has 2 N–H and O–H groups in total. The molecule has 3 heterocycles. The van der Waals surface area contributed by atoms with Gasteiger partial charge in [0.05, 0.1) is 17.7 Å². The molecule has 3 aromatic rings. The number of nitrogens with zero attached hydrogens (tertiary/aromatic N) is 2. The zero-order valence-corrected chi connectivity index (χ0v) is 18.1. The van der Waals surface area contributed by atoms with Crippen LogP contribution in [0, 0.1) is 0 Å². The molecule has 0 saturated carbocycles. The van der Waals surface area contributed by atoms with Gasteiger partial charge in [-0.05, 0) is 53.5 Å². The van der Waals surface area contributed by atoms with Crippen molar-refractivity contribution in [3.05, 3.63) is 57.9 Å². The number of fused-ring (bicyclic) bond motifs is 2. The van der Waals surface area contributed by atoms with Crippen LogP contribution in [-0.4, -0.2) is 28.2 Å². The van der Waals surface area contributed by atoms with Crippen LogP contribution in [0.2, 0.25) is 0 Å².